The molecule has 28 heavy (non-hydrogen) atoms. The van der Waals surface area contributed by atoms with Crippen LogP contribution >= 0.6 is 0 Å². The Balaban J connectivity index is 1.75. The van der Waals surface area contributed by atoms with Gasteiger partial charge in [-0.25, -0.2) is 13.8 Å². The lowest BCUT2D eigenvalue weighted by molar-refractivity contribution is 0.101. The molecular weight excluding hydrogens is 368 g/mol. The second-order valence-electron chi connectivity index (χ2n) is 5.64. The number of amides is 2. The summed E-state index contributed by atoms with van der Waals surface area (Å²) < 4.78 is 32.4. The summed E-state index contributed by atoms with van der Waals surface area (Å²) in [5.41, 5.74) is -0.263. The van der Waals surface area contributed by atoms with Crippen molar-refractivity contribution in [2.24, 2.45) is 0 Å². The van der Waals surface area contributed by atoms with Crippen molar-refractivity contribution < 1.29 is 23.1 Å². The van der Waals surface area contributed by atoms with Crippen molar-refractivity contribution in [3.63, 3.8) is 0 Å². The van der Waals surface area contributed by atoms with Gasteiger partial charge in [0.15, 0.2) is 0 Å². The quantitative estimate of drug-likeness (QED) is 0.701. The minimum absolute atomic E-state index is 0.0301. The third-order valence-corrected chi connectivity index (χ3v) is 3.76. The molecule has 142 valence electrons. The highest BCUT2D eigenvalue weighted by Crippen LogP contribution is 2.19. The average molecular weight is 383 g/mol. The summed E-state index contributed by atoms with van der Waals surface area (Å²) in [5.74, 6) is -2.58. The molecular formula is C20H15F2N3O3. The lowest BCUT2D eigenvalue weighted by Crippen LogP contribution is -2.19. The maximum absolute atomic E-state index is 13.7. The molecule has 2 N–H and O–H groups in total. The number of hydrogen-bond acceptors (Lipinski definition) is 4. The van der Waals surface area contributed by atoms with Crippen LogP contribution in [0.4, 0.5) is 20.2 Å². The molecule has 0 saturated heterocycles. The van der Waals surface area contributed by atoms with E-state index < -0.39 is 29.1 Å². The number of halogens is 2. The molecule has 0 aliphatic carbocycles. The number of nitrogens with one attached hydrogen (secondary N) is 2. The van der Waals surface area contributed by atoms with Crippen LogP contribution < -0.4 is 15.4 Å². The lowest BCUT2D eigenvalue weighted by Gasteiger charge is -2.09. The predicted molar refractivity (Wildman–Crippen MR) is 99.5 cm³/mol. The number of hydrogen-bond donors (Lipinski definition) is 2. The van der Waals surface area contributed by atoms with Crippen molar-refractivity contribution in [3.05, 3.63) is 83.7 Å². The zero-order valence-corrected chi connectivity index (χ0v) is 14.7. The first kappa shape index (κ1) is 19.0. The summed E-state index contributed by atoms with van der Waals surface area (Å²) in [6, 6.07) is 14.1. The van der Waals surface area contributed by atoms with Crippen LogP contribution in [-0.4, -0.2) is 23.9 Å². The van der Waals surface area contributed by atoms with Crippen LogP contribution in [0.15, 0.2) is 60.7 Å². The van der Waals surface area contributed by atoms with Crippen LogP contribution in [0.1, 0.15) is 21.0 Å². The van der Waals surface area contributed by atoms with E-state index in [1.54, 1.807) is 24.3 Å². The van der Waals surface area contributed by atoms with Crippen LogP contribution in [-0.2, 0) is 0 Å². The van der Waals surface area contributed by atoms with Gasteiger partial charge in [-0.05, 0) is 48.5 Å². The van der Waals surface area contributed by atoms with Crippen LogP contribution in [0.5, 0.6) is 5.75 Å². The Morgan fingerprint density at radius 1 is 0.821 bits per heavy atom. The highest BCUT2D eigenvalue weighted by molar-refractivity contribution is 6.06. The largest absolute Gasteiger partial charge is 0.497 e. The number of nitrogens with zero attached hydrogens (tertiary/aromatic N) is 1. The molecule has 6 nitrogen and oxygen atoms in total. The highest BCUT2D eigenvalue weighted by atomic mass is 19.1. The fraction of sp³-hybridized carbons (Fsp3) is 0.0500. The van der Waals surface area contributed by atoms with Crippen molar-refractivity contribution in [3.8, 4) is 5.75 Å². The Labute approximate surface area is 159 Å². The number of para-hydroxylation sites is 1. The number of pyridine rings is 1. The predicted octanol–water partition coefficient (Wildman–Crippen LogP) is 3.87. The maximum atomic E-state index is 13.7. The first-order chi connectivity index (χ1) is 13.5. The number of ether oxygens (including phenoxy) is 1. The SMILES string of the molecule is COc1ccc(NC(=O)c2cccc(C(=O)Nc3c(F)cccc3F)n2)cc1. The fourth-order valence-corrected chi connectivity index (χ4v) is 2.35. The molecule has 8 heteroatoms. The van der Waals surface area contributed by atoms with E-state index in [2.05, 4.69) is 15.6 Å². The van der Waals surface area contributed by atoms with E-state index >= 15 is 0 Å². The minimum atomic E-state index is -0.915. The molecule has 2 amide bonds. The molecule has 3 rings (SSSR count). The van der Waals surface area contributed by atoms with Crippen LogP contribution in [0.2, 0.25) is 0 Å². The van der Waals surface area contributed by atoms with E-state index in [9.17, 15) is 18.4 Å². The molecule has 0 unspecified atom stereocenters. The molecule has 2 aromatic carbocycles. The Morgan fingerprint density at radius 3 is 1.93 bits per heavy atom. The lowest BCUT2D eigenvalue weighted by atomic mass is 10.2. The Bertz CT molecular complexity index is 1000. The molecule has 0 saturated carbocycles. The fourth-order valence-electron chi connectivity index (χ4n) is 2.35. The van der Waals surface area contributed by atoms with Crippen molar-refractivity contribution in [2.75, 3.05) is 17.7 Å². The number of anilines is 2. The molecule has 1 aromatic heterocycles. The summed E-state index contributed by atoms with van der Waals surface area (Å²) in [6.07, 6.45) is 0. The van der Waals surface area contributed by atoms with Crippen molar-refractivity contribution in [1.29, 1.82) is 0 Å². The van der Waals surface area contributed by atoms with Gasteiger partial charge in [-0.1, -0.05) is 12.1 Å². The average Bonchev–Trinajstić information content (AvgIpc) is 2.71. The Hall–Kier alpha value is -3.81. The summed E-state index contributed by atoms with van der Waals surface area (Å²) in [5, 5.41) is 4.76. The van der Waals surface area contributed by atoms with E-state index in [1.165, 1.54) is 31.4 Å². The maximum Gasteiger partial charge on any atom is 0.274 e. The van der Waals surface area contributed by atoms with E-state index in [1.807, 2.05) is 0 Å². The second kappa shape index (κ2) is 8.26. The monoisotopic (exact) mass is 383 g/mol. The van der Waals surface area contributed by atoms with Crippen molar-refractivity contribution in [1.82, 2.24) is 4.98 Å². The first-order valence-corrected chi connectivity index (χ1v) is 8.16. The number of rotatable bonds is 5. The number of carbonyl (C=O) groups excluding carboxylic acids is 2. The van der Waals surface area contributed by atoms with E-state index in [0.29, 0.717) is 11.4 Å². The van der Waals surface area contributed by atoms with Crippen LogP contribution in [0, 0.1) is 11.6 Å². The molecule has 0 radical (unpaired) electrons. The van der Waals surface area contributed by atoms with Gasteiger partial charge in [-0.3, -0.25) is 9.59 Å². The summed E-state index contributed by atoms with van der Waals surface area (Å²) in [4.78, 5) is 28.6. The van der Waals surface area contributed by atoms with Gasteiger partial charge in [0.25, 0.3) is 11.8 Å². The van der Waals surface area contributed by atoms with Crippen LogP contribution in [0.3, 0.4) is 0 Å². The Kier molecular flexibility index (Phi) is 5.59. The molecule has 0 aliphatic heterocycles. The number of carbonyl (C=O) groups is 2. The van der Waals surface area contributed by atoms with E-state index in [4.69, 9.17) is 4.74 Å². The van der Waals surface area contributed by atoms with Gasteiger partial charge < -0.3 is 15.4 Å². The van der Waals surface area contributed by atoms with Gasteiger partial charge in [0, 0.05) is 5.69 Å². The van der Waals surface area contributed by atoms with E-state index in [0.717, 1.165) is 12.1 Å². The van der Waals surface area contributed by atoms with Gasteiger partial charge in [-0.2, -0.15) is 0 Å². The standard InChI is InChI=1S/C20H15F2N3O3/c1-28-13-10-8-12(9-11-13)23-19(26)16-6-3-7-17(24-16)20(27)25-18-14(21)4-2-5-15(18)22/h2-11H,1H3,(H,23,26)(H,25,27). The normalized spacial score (nSPS) is 10.2. The Morgan fingerprint density at radius 2 is 1.36 bits per heavy atom. The van der Waals surface area contributed by atoms with E-state index in [-0.39, 0.29) is 11.4 Å². The summed E-state index contributed by atoms with van der Waals surface area (Å²) in [6.45, 7) is 0. The van der Waals surface area contributed by atoms with Gasteiger partial charge >= 0.3 is 0 Å². The topological polar surface area (TPSA) is 80.3 Å². The smallest absolute Gasteiger partial charge is 0.274 e. The molecule has 0 fully saturated rings. The molecule has 3 aromatic rings. The summed E-state index contributed by atoms with van der Waals surface area (Å²) >= 11 is 0. The van der Waals surface area contributed by atoms with Gasteiger partial charge in [0.05, 0.1) is 7.11 Å². The molecule has 1 heterocycles. The minimum Gasteiger partial charge on any atom is -0.497 e. The third-order valence-electron chi connectivity index (χ3n) is 3.76. The number of benzene rings is 2. The van der Waals surface area contributed by atoms with Crippen LogP contribution in [0.25, 0.3) is 0 Å². The number of methoxy groups -OCH3 is 1. The molecule has 0 atom stereocenters. The first-order valence-electron chi connectivity index (χ1n) is 8.16. The molecule has 0 spiro atoms. The molecule has 0 bridgehead atoms. The molecule has 0 aliphatic rings. The van der Waals surface area contributed by atoms with Crippen molar-refractivity contribution >= 4 is 23.2 Å². The zero-order valence-electron chi connectivity index (χ0n) is 14.7. The number of aromatic nitrogens is 1. The zero-order chi connectivity index (χ0) is 20.1. The summed E-state index contributed by atoms with van der Waals surface area (Å²) in [7, 11) is 1.53. The van der Waals surface area contributed by atoms with Crippen molar-refractivity contribution in [2.45, 2.75) is 0 Å². The second-order valence-corrected chi connectivity index (χ2v) is 5.64. The highest BCUT2D eigenvalue weighted by Gasteiger charge is 2.16. The third kappa shape index (κ3) is 4.29. The van der Waals surface area contributed by atoms with Gasteiger partial charge in [0.1, 0.15) is 34.5 Å². The van der Waals surface area contributed by atoms with Gasteiger partial charge in [0.2, 0.25) is 0 Å². The van der Waals surface area contributed by atoms with Gasteiger partial charge in [-0.15, -0.1) is 0 Å².